The third-order valence-corrected chi connectivity index (χ3v) is 4.51. The molecule has 0 spiro atoms. The Morgan fingerprint density at radius 3 is 2.78 bits per heavy atom. The Bertz CT molecular complexity index is 671. The van der Waals surface area contributed by atoms with E-state index in [1.54, 1.807) is 11.3 Å². The Morgan fingerprint density at radius 1 is 1.22 bits per heavy atom. The van der Waals surface area contributed by atoms with E-state index in [0.29, 0.717) is 6.54 Å². The van der Waals surface area contributed by atoms with Gasteiger partial charge in [-0.25, -0.2) is 0 Å². The number of para-hydroxylation sites is 1. The van der Waals surface area contributed by atoms with Gasteiger partial charge in [-0.05, 0) is 23.8 Å². The van der Waals surface area contributed by atoms with Gasteiger partial charge in [-0.1, -0.05) is 29.8 Å². The molecule has 0 fully saturated rings. The minimum Gasteiger partial charge on any atom is -0.361 e. The first-order valence-corrected chi connectivity index (χ1v) is 7.00. The summed E-state index contributed by atoms with van der Waals surface area (Å²) in [6.07, 6.45) is 2.05. The molecule has 2 heterocycles. The lowest BCUT2D eigenvalue weighted by Crippen LogP contribution is -2.12. The molecule has 2 nitrogen and oxygen atoms in total. The average Bonchev–Trinajstić information content (AvgIpc) is 2.98. The molecule has 0 saturated carbocycles. The van der Waals surface area contributed by atoms with Crippen LogP contribution in [0, 0.1) is 0 Å². The van der Waals surface area contributed by atoms with Gasteiger partial charge >= 0.3 is 0 Å². The van der Waals surface area contributed by atoms with E-state index in [-0.39, 0.29) is 5.92 Å². The number of H-pyrrole nitrogens is 1. The molecule has 3 rings (SSSR count). The summed E-state index contributed by atoms with van der Waals surface area (Å²) in [5.74, 6) is 0.207. The summed E-state index contributed by atoms with van der Waals surface area (Å²) in [6, 6.07) is 12.3. The van der Waals surface area contributed by atoms with Gasteiger partial charge in [-0.15, -0.1) is 11.3 Å². The zero-order chi connectivity index (χ0) is 12.5. The Balaban J connectivity index is 2.11. The van der Waals surface area contributed by atoms with Crippen molar-refractivity contribution in [3.63, 3.8) is 0 Å². The fourth-order valence-corrected chi connectivity index (χ4v) is 3.49. The molecule has 3 N–H and O–H groups in total. The van der Waals surface area contributed by atoms with Crippen LogP contribution < -0.4 is 5.73 Å². The van der Waals surface area contributed by atoms with Crippen LogP contribution in [0.3, 0.4) is 0 Å². The maximum absolute atomic E-state index is 6.01. The second-order valence-electron chi connectivity index (χ2n) is 4.22. The van der Waals surface area contributed by atoms with Crippen molar-refractivity contribution in [2.45, 2.75) is 5.92 Å². The van der Waals surface area contributed by atoms with Crippen LogP contribution in [0.5, 0.6) is 0 Å². The van der Waals surface area contributed by atoms with E-state index in [1.165, 1.54) is 15.8 Å². The summed E-state index contributed by atoms with van der Waals surface area (Å²) in [5, 5.41) is 1.23. The van der Waals surface area contributed by atoms with E-state index in [2.05, 4.69) is 35.4 Å². The molecule has 0 bridgehead atoms. The summed E-state index contributed by atoms with van der Waals surface area (Å²) in [7, 11) is 0. The van der Waals surface area contributed by atoms with Crippen LogP contribution >= 0.6 is 22.9 Å². The molecule has 0 amide bonds. The number of halogens is 1. The number of thiophene rings is 1. The van der Waals surface area contributed by atoms with Crippen LogP contribution in [0.1, 0.15) is 16.4 Å². The molecule has 18 heavy (non-hydrogen) atoms. The maximum atomic E-state index is 6.01. The van der Waals surface area contributed by atoms with Gasteiger partial charge in [0.1, 0.15) is 0 Å². The molecule has 3 aromatic rings. The zero-order valence-corrected chi connectivity index (χ0v) is 11.3. The van der Waals surface area contributed by atoms with Gasteiger partial charge in [-0.2, -0.15) is 0 Å². The topological polar surface area (TPSA) is 41.8 Å². The van der Waals surface area contributed by atoms with Crippen molar-refractivity contribution in [1.29, 1.82) is 0 Å². The Morgan fingerprint density at radius 2 is 2.06 bits per heavy atom. The summed E-state index contributed by atoms with van der Waals surface area (Å²) in [6.45, 7) is 0.582. The predicted octanol–water partition coefficient (Wildman–Crippen LogP) is 3.97. The molecule has 0 radical (unpaired) electrons. The smallest absolute Gasteiger partial charge is 0.0931 e. The minimum absolute atomic E-state index is 0.207. The predicted molar refractivity (Wildman–Crippen MR) is 78.5 cm³/mol. The summed E-state index contributed by atoms with van der Waals surface area (Å²) in [4.78, 5) is 4.51. The first-order valence-electron chi connectivity index (χ1n) is 5.81. The zero-order valence-electron chi connectivity index (χ0n) is 9.69. The number of benzene rings is 1. The summed E-state index contributed by atoms with van der Waals surface area (Å²) >= 11 is 7.61. The van der Waals surface area contributed by atoms with Crippen molar-refractivity contribution in [3.05, 3.63) is 57.4 Å². The van der Waals surface area contributed by atoms with Gasteiger partial charge in [-0.3, -0.25) is 0 Å². The summed E-state index contributed by atoms with van der Waals surface area (Å²) < 4.78 is 0.809. The number of aromatic amines is 1. The van der Waals surface area contributed by atoms with Crippen LogP contribution in [0.25, 0.3) is 10.9 Å². The second-order valence-corrected chi connectivity index (χ2v) is 5.97. The lowest BCUT2D eigenvalue weighted by atomic mass is 9.97. The Labute approximate surface area is 114 Å². The molecule has 4 heteroatoms. The lowest BCUT2D eigenvalue weighted by Gasteiger charge is -2.12. The second kappa shape index (κ2) is 4.76. The highest BCUT2D eigenvalue weighted by Crippen LogP contribution is 2.35. The molecule has 1 unspecified atom stereocenters. The standard InChI is InChI=1S/C14H13ClN2S/c15-14-6-5-13(18-14)10(7-16)11-8-17-12-4-2-1-3-9(11)12/h1-6,8,10,17H,7,16H2. The Hall–Kier alpha value is -1.29. The number of hydrogen-bond acceptors (Lipinski definition) is 2. The third-order valence-electron chi connectivity index (χ3n) is 3.17. The van der Waals surface area contributed by atoms with E-state index < -0.39 is 0 Å². The summed E-state index contributed by atoms with van der Waals surface area (Å²) in [5.41, 5.74) is 8.34. The highest BCUT2D eigenvalue weighted by Gasteiger charge is 2.18. The quantitative estimate of drug-likeness (QED) is 0.747. The van der Waals surface area contributed by atoms with Crippen molar-refractivity contribution in [2.75, 3.05) is 6.54 Å². The molecule has 0 aliphatic heterocycles. The normalized spacial score (nSPS) is 13.0. The van der Waals surface area contributed by atoms with Gasteiger partial charge in [0.15, 0.2) is 0 Å². The molecule has 1 atom stereocenters. The van der Waals surface area contributed by atoms with Gasteiger partial charge in [0.05, 0.1) is 4.34 Å². The monoisotopic (exact) mass is 276 g/mol. The molecular weight excluding hydrogens is 264 g/mol. The highest BCUT2D eigenvalue weighted by molar-refractivity contribution is 7.16. The molecule has 1 aromatic carbocycles. The number of hydrogen-bond donors (Lipinski definition) is 2. The van der Waals surface area contributed by atoms with Gasteiger partial charge in [0, 0.05) is 34.4 Å². The van der Waals surface area contributed by atoms with Crippen LogP contribution in [0.15, 0.2) is 42.6 Å². The van der Waals surface area contributed by atoms with Crippen molar-refractivity contribution < 1.29 is 0 Å². The van der Waals surface area contributed by atoms with Crippen LogP contribution in [-0.2, 0) is 0 Å². The van der Waals surface area contributed by atoms with Crippen LogP contribution in [0.2, 0.25) is 4.34 Å². The molecule has 0 aliphatic carbocycles. The first kappa shape index (κ1) is 11.8. The number of fused-ring (bicyclic) bond motifs is 1. The molecule has 0 saturated heterocycles. The van der Waals surface area contributed by atoms with Crippen molar-refractivity contribution in [1.82, 2.24) is 4.98 Å². The van der Waals surface area contributed by atoms with Crippen molar-refractivity contribution >= 4 is 33.8 Å². The third kappa shape index (κ3) is 1.94. The maximum Gasteiger partial charge on any atom is 0.0931 e. The fraction of sp³-hybridized carbons (Fsp3) is 0.143. The number of aromatic nitrogens is 1. The Kier molecular flexibility index (Phi) is 3.12. The molecule has 0 aliphatic rings. The molecule has 2 aromatic heterocycles. The lowest BCUT2D eigenvalue weighted by molar-refractivity contribution is 0.842. The number of nitrogens with two attached hydrogens (primary N) is 1. The van der Waals surface area contributed by atoms with E-state index in [1.807, 2.05) is 12.1 Å². The highest BCUT2D eigenvalue weighted by atomic mass is 35.5. The fourth-order valence-electron chi connectivity index (χ4n) is 2.29. The van der Waals surface area contributed by atoms with Gasteiger partial charge in [0.25, 0.3) is 0 Å². The van der Waals surface area contributed by atoms with Gasteiger partial charge in [0.2, 0.25) is 0 Å². The van der Waals surface area contributed by atoms with E-state index in [9.17, 15) is 0 Å². The van der Waals surface area contributed by atoms with Crippen LogP contribution in [0.4, 0.5) is 0 Å². The van der Waals surface area contributed by atoms with Crippen molar-refractivity contribution in [2.24, 2.45) is 5.73 Å². The molecular formula is C14H13ClN2S. The molecule has 92 valence electrons. The largest absolute Gasteiger partial charge is 0.361 e. The number of rotatable bonds is 3. The first-order chi connectivity index (χ1) is 8.79. The average molecular weight is 277 g/mol. The minimum atomic E-state index is 0.207. The van der Waals surface area contributed by atoms with E-state index in [0.717, 1.165) is 9.85 Å². The van der Waals surface area contributed by atoms with E-state index in [4.69, 9.17) is 17.3 Å². The van der Waals surface area contributed by atoms with Crippen LogP contribution in [-0.4, -0.2) is 11.5 Å². The van der Waals surface area contributed by atoms with E-state index >= 15 is 0 Å². The SMILES string of the molecule is NCC(c1ccc(Cl)s1)c1c[nH]c2ccccc12. The number of nitrogens with one attached hydrogen (secondary N) is 1. The van der Waals surface area contributed by atoms with Crippen molar-refractivity contribution in [3.8, 4) is 0 Å². The van der Waals surface area contributed by atoms with Gasteiger partial charge < -0.3 is 10.7 Å².